The molecule has 0 aromatic heterocycles. The minimum Gasteiger partial charge on any atom is -0.545 e. The van der Waals surface area contributed by atoms with Gasteiger partial charge >= 0.3 is 35.5 Å². The number of carbonyl (C=O) groups is 2. The Morgan fingerprint density at radius 3 is 2.21 bits per heavy atom. The molecule has 1 aromatic rings. The molecule has 0 N–H and O–H groups in total. The van der Waals surface area contributed by atoms with Gasteiger partial charge < -0.3 is 14.6 Å². The SMILES string of the molecule is COC(=O)c1ccc(C(=O)[O-])cc1S(=O)(=O)OC.[Na+]. The summed E-state index contributed by atoms with van der Waals surface area (Å²) in [6.07, 6.45) is 0. The molecule has 0 saturated carbocycles. The Balaban J connectivity index is 0.00000324. The summed E-state index contributed by atoms with van der Waals surface area (Å²) < 4.78 is 31.8. The van der Waals surface area contributed by atoms with Crippen molar-refractivity contribution in [1.82, 2.24) is 0 Å². The molecule has 0 fully saturated rings. The molecule has 19 heavy (non-hydrogen) atoms. The van der Waals surface area contributed by atoms with Crippen molar-refractivity contribution < 1.29 is 61.6 Å². The number of hydrogen-bond donors (Lipinski definition) is 0. The average molecular weight is 296 g/mol. The second kappa shape index (κ2) is 7.01. The van der Waals surface area contributed by atoms with Crippen LogP contribution in [0.15, 0.2) is 23.1 Å². The molecule has 0 amide bonds. The van der Waals surface area contributed by atoms with Crippen LogP contribution in [-0.2, 0) is 19.0 Å². The molecule has 98 valence electrons. The Hall–Kier alpha value is -0.930. The van der Waals surface area contributed by atoms with Crippen LogP contribution in [0.2, 0.25) is 0 Å². The largest absolute Gasteiger partial charge is 1.00 e. The summed E-state index contributed by atoms with van der Waals surface area (Å²) in [5.41, 5.74) is -0.706. The van der Waals surface area contributed by atoms with E-state index in [2.05, 4.69) is 8.92 Å². The number of methoxy groups -OCH3 is 1. The predicted octanol–water partition coefficient (Wildman–Crippen LogP) is -3.82. The Morgan fingerprint density at radius 2 is 1.79 bits per heavy atom. The van der Waals surface area contributed by atoms with Crippen molar-refractivity contribution in [3.63, 3.8) is 0 Å². The second-order valence-corrected chi connectivity index (χ2v) is 4.79. The molecular weight excluding hydrogens is 287 g/mol. The van der Waals surface area contributed by atoms with E-state index < -0.39 is 32.5 Å². The number of benzene rings is 1. The number of aromatic carboxylic acids is 1. The van der Waals surface area contributed by atoms with Gasteiger partial charge in [0.15, 0.2) is 0 Å². The van der Waals surface area contributed by atoms with Gasteiger partial charge in [-0.25, -0.2) is 4.79 Å². The van der Waals surface area contributed by atoms with Crippen LogP contribution in [0.1, 0.15) is 20.7 Å². The van der Waals surface area contributed by atoms with E-state index >= 15 is 0 Å². The first-order chi connectivity index (χ1) is 8.33. The van der Waals surface area contributed by atoms with Crippen molar-refractivity contribution in [2.45, 2.75) is 4.90 Å². The van der Waals surface area contributed by atoms with Crippen LogP contribution >= 0.6 is 0 Å². The van der Waals surface area contributed by atoms with Crippen molar-refractivity contribution in [2.75, 3.05) is 14.2 Å². The summed E-state index contributed by atoms with van der Waals surface area (Å²) in [4.78, 5) is 21.4. The Morgan fingerprint density at radius 1 is 1.21 bits per heavy atom. The van der Waals surface area contributed by atoms with Gasteiger partial charge in [-0.1, -0.05) is 6.07 Å². The fourth-order valence-electron chi connectivity index (χ4n) is 1.22. The van der Waals surface area contributed by atoms with E-state index in [1.807, 2.05) is 0 Å². The van der Waals surface area contributed by atoms with Crippen molar-refractivity contribution in [3.8, 4) is 0 Å². The zero-order valence-electron chi connectivity index (χ0n) is 10.5. The number of hydrogen-bond acceptors (Lipinski definition) is 7. The van der Waals surface area contributed by atoms with Gasteiger partial charge in [0, 0.05) is 0 Å². The maximum absolute atomic E-state index is 11.6. The summed E-state index contributed by atoms with van der Waals surface area (Å²) in [6, 6.07) is 2.83. The standard InChI is InChI=1S/C10H10O7S.Na/c1-16-10(13)7-4-3-6(9(11)12)5-8(7)18(14,15)17-2;/h3-5H,1-2H3,(H,11,12);/q;+1/p-1. The molecule has 0 heterocycles. The van der Waals surface area contributed by atoms with Gasteiger partial charge in [0.1, 0.15) is 4.90 Å². The number of carboxylic acid groups (broad SMARTS) is 1. The molecule has 1 aromatic carbocycles. The summed E-state index contributed by atoms with van der Waals surface area (Å²) in [5, 5.41) is 10.7. The first-order valence-electron chi connectivity index (χ1n) is 4.58. The molecule has 7 nitrogen and oxygen atoms in total. The van der Waals surface area contributed by atoms with Crippen LogP contribution in [0, 0.1) is 0 Å². The second-order valence-electron chi connectivity index (χ2n) is 3.11. The molecule has 0 aliphatic heterocycles. The average Bonchev–Trinajstić information content (AvgIpc) is 2.36. The van der Waals surface area contributed by atoms with Gasteiger partial charge in [-0.05, 0) is 17.7 Å². The van der Waals surface area contributed by atoms with Crippen LogP contribution in [-0.4, -0.2) is 34.6 Å². The fraction of sp³-hybridized carbons (Fsp3) is 0.200. The molecule has 0 saturated heterocycles. The van der Waals surface area contributed by atoms with Gasteiger partial charge in [-0.15, -0.1) is 0 Å². The van der Waals surface area contributed by atoms with Crippen LogP contribution in [0.5, 0.6) is 0 Å². The maximum atomic E-state index is 11.6. The minimum atomic E-state index is -4.23. The molecule has 0 aliphatic carbocycles. The van der Waals surface area contributed by atoms with Crippen LogP contribution in [0.25, 0.3) is 0 Å². The molecule has 0 aliphatic rings. The van der Waals surface area contributed by atoms with Crippen molar-refractivity contribution in [2.24, 2.45) is 0 Å². The smallest absolute Gasteiger partial charge is 0.545 e. The molecular formula is C10H9NaO7S. The normalized spacial score (nSPS) is 10.4. The first-order valence-corrected chi connectivity index (χ1v) is 5.98. The molecule has 0 atom stereocenters. The van der Waals surface area contributed by atoms with E-state index in [9.17, 15) is 23.1 Å². The Labute approximate surface area is 131 Å². The number of rotatable bonds is 4. The van der Waals surface area contributed by atoms with Gasteiger partial charge in [0.25, 0.3) is 10.1 Å². The number of carbonyl (C=O) groups excluding carboxylic acids is 2. The molecule has 1 rings (SSSR count). The van der Waals surface area contributed by atoms with E-state index in [1.165, 1.54) is 0 Å². The molecule has 0 bridgehead atoms. The fourth-order valence-corrected chi connectivity index (χ4v) is 2.10. The van der Waals surface area contributed by atoms with Gasteiger partial charge in [-0.2, -0.15) is 8.42 Å². The van der Waals surface area contributed by atoms with E-state index in [0.717, 1.165) is 32.4 Å². The number of carboxylic acids is 1. The van der Waals surface area contributed by atoms with E-state index in [4.69, 9.17) is 0 Å². The van der Waals surface area contributed by atoms with Crippen LogP contribution in [0.3, 0.4) is 0 Å². The molecule has 0 unspecified atom stereocenters. The zero-order valence-corrected chi connectivity index (χ0v) is 13.3. The monoisotopic (exact) mass is 296 g/mol. The first kappa shape index (κ1) is 18.1. The van der Waals surface area contributed by atoms with Gasteiger partial charge in [0.05, 0.1) is 25.8 Å². The third-order valence-corrected chi connectivity index (χ3v) is 3.43. The quantitative estimate of drug-likeness (QED) is 0.318. The summed E-state index contributed by atoms with van der Waals surface area (Å²) in [7, 11) is -2.27. The van der Waals surface area contributed by atoms with Gasteiger partial charge in [0.2, 0.25) is 0 Å². The third kappa shape index (κ3) is 4.02. The van der Waals surface area contributed by atoms with Crippen LogP contribution in [0.4, 0.5) is 0 Å². The Kier molecular flexibility index (Phi) is 6.67. The van der Waals surface area contributed by atoms with Crippen LogP contribution < -0.4 is 34.7 Å². The van der Waals surface area contributed by atoms with Gasteiger partial charge in [-0.3, -0.25) is 4.18 Å². The van der Waals surface area contributed by atoms with Crippen molar-refractivity contribution >= 4 is 22.1 Å². The zero-order chi connectivity index (χ0) is 13.9. The third-order valence-electron chi connectivity index (χ3n) is 2.11. The van der Waals surface area contributed by atoms with Crippen molar-refractivity contribution in [1.29, 1.82) is 0 Å². The summed E-state index contributed by atoms with van der Waals surface area (Å²) >= 11 is 0. The minimum absolute atomic E-state index is 0. The van der Waals surface area contributed by atoms with E-state index in [-0.39, 0.29) is 35.1 Å². The maximum Gasteiger partial charge on any atom is 1.00 e. The number of ether oxygens (including phenoxy) is 1. The molecule has 9 heteroatoms. The molecule has 0 spiro atoms. The summed E-state index contributed by atoms with van der Waals surface area (Å²) in [5.74, 6) is -2.49. The summed E-state index contributed by atoms with van der Waals surface area (Å²) in [6.45, 7) is 0. The van der Waals surface area contributed by atoms with E-state index in [0.29, 0.717) is 0 Å². The predicted molar refractivity (Wildman–Crippen MR) is 56.3 cm³/mol. The number of esters is 1. The van der Waals surface area contributed by atoms with E-state index in [1.54, 1.807) is 0 Å². The Bertz CT molecular complexity index is 594. The molecule has 0 radical (unpaired) electrons. The topological polar surface area (TPSA) is 110 Å². The van der Waals surface area contributed by atoms with Crippen molar-refractivity contribution in [3.05, 3.63) is 29.3 Å².